The van der Waals surface area contributed by atoms with Crippen LogP contribution in [0.5, 0.6) is 0 Å². The topological polar surface area (TPSA) is 54.2 Å². The van der Waals surface area contributed by atoms with Crippen molar-refractivity contribution in [3.05, 3.63) is 35.7 Å². The number of aryl methyl sites for hydroxylation is 1. The molecule has 0 aliphatic rings. The number of rotatable bonds is 6. The zero-order valence-electron chi connectivity index (χ0n) is 11.7. The van der Waals surface area contributed by atoms with Gasteiger partial charge in [0.1, 0.15) is 0 Å². The van der Waals surface area contributed by atoms with Gasteiger partial charge in [0.05, 0.1) is 6.54 Å². The van der Waals surface area contributed by atoms with Crippen molar-refractivity contribution in [3.8, 4) is 11.5 Å². The molecule has 0 amide bonds. The monoisotopic (exact) mass is 260 g/mol. The van der Waals surface area contributed by atoms with Crippen LogP contribution in [0, 0.1) is 6.92 Å². The van der Waals surface area contributed by atoms with Crippen molar-refractivity contribution in [2.75, 3.05) is 27.2 Å². The van der Waals surface area contributed by atoms with Gasteiger partial charge >= 0.3 is 0 Å². The summed E-state index contributed by atoms with van der Waals surface area (Å²) in [5, 5.41) is 11.4. The molecule has 0 atom stereocenters. The average molecular weight is 260 g/mol. The van der Waals surface area contributed by atoms with E-state index in [1.54, 1.807) is 0 Å². The minimum atomic E-state index is 0.574. The second-order valence-corrected chi connectivity index (χ2v) is 4.85. The molecule has 1 N–H and O–H groups in total. The second-order valence-electron chi connectivity index (χ2n) is 4.85. The van der Waals surface area contributed by atoms with E-state index in [-0.39, 0.29) is 0 Å². The lowest BCUT2D eigenvalue weighted by Gasteiger charge is -2.08. The molecule has 0 spiro atoms. The Hall–Kier alpha value is -1.72. The average Bonchev–Trinajstić information content (AvgIpc) is 2.84. The molecule has 5 heteroatoms. The molecule has 0 saturated carbocycles. The van der Waals surface area contributed by atoms with Crippen LogP contribution in [0.4, 0.5) is 0 Å². The fourth-order valence-electron chi connectivity index (χ4n) is 1.64. The first kappa shape index (κ1) is 13.7. The maximum atomic E-state index is 5.62. The third-order valence-corrected chi connectivity index (χ3v) is 2.78. The minimum Gasteiger partial charge on any atom is -0.419 e. The highest BCUT2D eigenvalue weighted by molar-refractivity contribution is 5.52. The molecule has 1 aromatic heterocycles. The number of hydrogen-bond acceptors (Lipinski definition) is 5. The van der Waals surface area contributed by atoms with E-state index >= 15 is 0 Å². The van der Waals surface area contributed by atoms with Crippen molar-refractivity contribution >= 4 is 0 Å². The highest BCUT2D eigenvalue weighted by Crippen LogP contribution is 2.17. The van der Waals surface area contributed by atoms with Crippen molar-refractivity contribution in [1.82, 2.24) is 20.4 Å². The molecule has 0 radical (unpaired) electrons. The zero-order valence-corrected chi connectivity index (χ0v) is 11.7. The Bertz CT molecular complexity index is 504. The summed E-state index contributed by atoms with van der Waals surface area (Å²) < 4.78 is 5.62. The van der Waals surface area contributed by atoms with Crippen LogP contribution in [0.25, 0.3) is 11.5 Å². The van der Waals surface area contributed by atoms with Crippen molar-refractivity contribution in [3.63, 3.8) is 0 Å². The summed E-state index contributed by atoms with van der Waals surface area (Å²) in [5.41, 5.74) is 2.17. The summed E-state index contributed by atoms with van der Waals surface area (Å²) in [6.45, 7) is 4.54. The Balaban J connectivity index is 1.90. The Morgan fingerprint density at radius 1 is 1.16 bits per heavy atom. The maximum Gasteiger partial charge on any atom is 0.247 e. The first-order valence-corrected chi connectivity index (χ1v) is 6.40. The molecule has 0 fully saturated rings. The highest BCUT2D eigenvalue weighted by Gasteiger charge is 2.07. The lowest BCUT2D eigenvalue weighted by atomic mass is 10.1. The van der Waals surface area contributed by atoms with Crippen LogP contribution in [0.1, 0.15) is 11.5 Å². The van der Waals surface area contributed by atoms with Crippen molar-refractivity contribution in [2.24, 2.45) is 0 Å². The molecule has 0 aliphatic heterocycles. The summed E-state index contributed by atoms with van der Waals surface area (Å²) in [6.07, 6.45) is 0. The minimum absolute atomic E-state index is 0.574. The maximum absolute atomic E-state index is 5.62. The van der Waals surface area contributed by atoms with Gasteiger partial charge < -0.3 is 14.6 Å². The lowest BCUT2D eigenvalue weighted by molar-refractivity contribution is 0.390. The fourth-order valence-corrected chi connectivity index (χ4v) is 1.64. The number of nitrogens with one attached hydrogen (secondary N) is 1. The quantitative estimate of drug-likeness (QED) is 0.801. The van der Waals surface area contributed by atoms with E-state index in [9.17, 15) is 0 Å². The summed E-state index contributed by atoms with van der Waals surface area (Å²) in [5.74, 6) is 1.19. The smallest absolute Gasteiger partial charge is 0.247 e. The number of likely N-dealkylation sites (N-methyl/N-ethyl adjacent to an activating group) is 1. The second kappa shape index (κ2) is 6.45. The first-order valence-electron chi connectivity index (χ1n) is 6.40. The molecule has 19 heavy (non-hydrogen) atoms. The van der Waals surface area contributed by atoms with Crippen LogP contribution in [-0.2, 0) is 6.54 Å². The molecule has 2 aromatic rings. The standard InChI is InChI=1S/C14H20N4O/c1-11-4-6-12(7-5-11)14-17-16-13(19-14)10-15-8-9-18(2)3/h4-7,15H,8-10H2,1-3H3. The van der Waals surface area contributed by atoms with Crippen LogP contribution in [-0.4, -0.2) is 42.3 Å². The van der Waals surface area contributed by atoms with E-state index in [0.717, 1.165) is 18.7 Å². The Morgan fingerprint density at radius 2 is 1.89 bits per heavy atom. The fraction of sp³-hybridized carbons (Fsp3) is 0.429. The van der Waals surface area contributed by atoms with Gasteiger partial charge in [0.25, 0.3) is 0 Å². The van der Waals surface area contributed by atoms with Gasteiger partial charge in [-0.2, -0.15) is 0 Å². The van der Waals surface area contributed by atoms with Gasteiger partial charge in [-0.25, -0.2) is 0 Å². The van der Waals surface area contributed by atoms with Gasteiger partial charge in [-0.1, -0.05) is 17.7 Å². The van der Waals surface area contributed by atoms with E-state index < -0.39 is 0 Å². The molecule has 0 unspecified atom stereocenters. The van der Waals surface area contributed by atoms with Crippen molar-refractivity contribution < 1.29 is 4.42 Å². The summed E-state index contributed by atoms with van der Waals surface area (Å²) >= 11 is 0. The summed E-state index contributed by atoms with van der Waals surface area (Å²) in [7, 11) is 4.09. The number of hydrogen-bond donors (Lipinski definition) is 1. The highest BCUT2D eigenvalue weighted by atomic mass is 16.4. The largest absolute Gasteiger partial charge is 0.419 e. The lowest BCUT2D eigenvalue weighted by Crippen LogP contribution is -2.26. The van der Waals surface area contributed by atoms with Crippen molar-refractivity contribution in [2.45, 2.75) is 13.5 Å². The molecule has 5 nitrogen and oxygen atoms in total. The predicted octanol–water partition coefficient (Wildman–Crippen LogP) is 1.70. The molecule has 0 bridgehead atoms. The first-order chi connectivity index (χ1) is 9.15. The number of benzene rings is 1. The number of nitrogens with zero attached hydrogens (tertiary/aromatic N) is 3. The third kappa shape index (κ3) is 4.15. The predicted molar refractivity (Wildman–Crippen MR) is 74.7 cm³/mol. The van der Waals surface area contributed by atoms with E-state index in [1.165, 1.54) is 5.56 Å². The van der Waals surface area contributed by atoms with Crippen LogP contribution < -0.4 is 5.32 Å². The molecule has 102 valence electrons. The SMILES string of the molecule is Cc1ccc(-c2nnc(CNCCN(C)C)o2)cc1. The van der Waals surface area contributed by atoms with Crippen LogP contribution >= 0.6 is 0 Å². The molecule has 1 heterocycles. The van der Waals surface area contributed by atoms with Gasteiger partial charge in [-0.3, -0.25) is 0 Å². The molecular weight excluding hydrogens is 240 g/mol. The number of aromatic nitrogens is 2. The van der Waals surface area contributed by atoms with E-state index in [4.69, 9.17) is 4.42 Å². The Morgan fingerprint density at radius 3 is 2.58 bits per heavy atom. The Kier molecular flexibility index (Phi) is 4.65. The summed E-state index contributed by atoms with van der Waals surface area (Å²) in [6, 6.07) is 8.06. The van der Waals surface area contributed by atoms with E-state index in [1.807, 2.05) is 38.4 Å². The molecule has 1 aromatic carbocycles. The van der Waals surface area contributed by atoms with Gasteiger partial charge in [0.2, 0.25) is 11.8 Å². The summed E-state index contributed by atoms with van der Waals surface area (Å²) in [4.78, 5) is 2.12. The van der Waals surface area contributed by atoms with Gasteiger partial charge in [0, 0.05) is 18.7 Å². The molecule has 0 aliphatic carbocycles. The van der Waals surface area contributed by atoms with E-state index in [0.29, 0.717) is 18.3 Å². The Labute approximate surface area is 113 Å². The third-order valence-electron chi connectivity index (χ3n) is 2.78. The molecule has 0 saturated heterocycles. The van der Waals surface area contributed by atoms with E-state index in [2.05, 4.69) is 27.3 Å². The van der Waals surface area contributed by atoms with Gasteiger partial charge in [-0.05, 0) is 33.2 Å². The van der Waals surface area contributed by atoms with Gasteiger partial charge in [0.15, 0.2) is 0 Å². The van der Waals surface area contributed by atoms with Gasteiger partial charge in [-0.15, -0.1) is 10.2 Å². The zero-order chi connectivity index (χ0) is 13.7. The van der Waals surface area contributed by atoms with Crippen LogP contribution in [0.3, 0.4) is 0 Å². The van der Waals surface area contributed by atoms with Crippen LogP contribution in [0.2, 0.25) is 0 Å². The molecule has 2 rings (SSSR count). The van der Waals surface area contributed by atoms with Crippen LogP contribution in [0.15, 0.2) is 28.7 Å². The normalized spacial score (nSPS) is 11.2. The van der Waals surface area contributed by atoms with Crippen molar-refractivity contribution in [1.29, 1.82) is 0 Å². The molecular formula is C14H20N4O.